The van der Waals surface area contributed by atoms with Gasteiger partial charge in [-0.25, -0.2) is 0 Å². The second-order valence-corrected chi connectivity index (χ2v) is 8.86. The summed E-state index contributed by atoms with van der Waals surface area (Å²) >= 11 is 0. The lowest BCUT2D eigenvalue weighted by Crippen LogP contribution is -2.76. The van der Waals surface area contributed by atoms with Crippen molar-refractivity contribution in [3.8, 4) is 0 Å². The second-order valence-electron chi connectivity index (χ2n) is 8.86. The van der Waals surface area contributed by atoms with Gasteiger partial charge in [0.25, 0.3) is 0 Å². The number of alkyl halides is 21. The quantitative estimate of drug-likeness (QED) is 0.218. The Balaban J connectivity index is 6.95. The molecule has 0 aliphatic rings. The molecule has 224 valence electrons. The molecule has 0 amide bonds. The third-order valence-electron chi connectivity index (χ3n) is 4.76. The van der Waals surface area contributed by atoms with Crippen LogP contribution in [0.1, 0.15) is 33.6 Å². The first-order valence-corrected chi connectivity index (χ1v) is 8.93. The highest BCUT2D eigenvalue weighted by Gasteiger charge is 2.97. The molecule has 0 bridgehead atoms. The molecule has 0 aliphatic heterocycles. The summed E-state index contributed by atoms with van der Waals surface area (Å²) in [5, 5.41) is 0. The molecule has 0 fully saturated rings. The maximum Gasteiger partial charge on any atom is 0.460 e. The van der Waals surface area contributed by atoms with E-state index in [1.165, 1.54) is 0 Å². The predicted molar refractivity (Wildman–Crippen MR) is 79.3 cm³/mol. The van der Waals surface area contributed by atoms with Gasteiger partial charge in [0.1, 0.15) is 0 Å². The van der Waals surface area contributed by atoms with Crippen LogP contribution in [-0.4, -0.2) is 59.5 Å². The van der Waals surface area contributed by atoms with Gasteiger partial charge < -0.3 is 0 Å². The first-order chi connectivity index (χ1) is 15.5. The zero-order chi connectivity index (χ0) is 30.9. The third kappa shape index (κ3) is 4.88. The van der Waals surface area contributed by atoms with Gasteiger partial charge in [-0.15, -0.1) is 0 Å². The lowest BCUT2D eigenvalue weighted by atomic mass is 9.83. The minimum atomic E-state index is -9.14. The Kier molecular flexibility index (Phi) is 8.42. The first-order valence-electron chi connectivity index (χ1n) is 8.93. The standard InChI is InChI=1S/C16H13F21/c1-6(2,3)4-5-7(17,18)8(19,20)9(21,22)10(23,24)11(25,26)12(27,28)13(29,30)14(31,32)15(33,34)16(35,36)37/h4-5H2,1-3H3. The van der Waals surface area contributed by atoms with Crippen LogP contribution in [0.25, 0.3) is 0 Å². The van der Waals surface area contributed by atoms with E-state index in [9.17, 15) is 92.2 Å². The van der Waals surface area contributed by atoms with Crippen LogP contribution in [0.2, 0.25) is 0 Å². The fourth-order valence-corrected chi connectivity index (χ4v) is 2.28. The maximum absolute atomic E-state index is 13.7. The molecule has 21 heteroatoms. The van der Waals surface area contributed by atoms with Gasteiger partial charge in [0.2, 0.25) is 0 Å². The average molecular weight is 604 g/mol. The Morgan fingerprint density at radius 2 is 0.514 bits per heavy atom. The van der Waals surface area contributed by atoms with E-state index in [1.807, 2.05) is 0 Å². The van der Waals surface area contributed by atoms with Crippen molar-refractivity contribution in [1.29, 1.82) is 0 Å². The smallest absolute Gasteiger partial charge is 0.200 e. The lowest BCUT2D eigenvalue weighted by molar-refractivity contribution is -0.474. The van der Waals surface area contributed by atoms with E-state index in [-0.39, 0.29) is 0 Å². The molecule has 0 heterocycles. The maximum atomic E-state index is 13.7. The SMILES string of the molecule is CC(C)(C)CCC(F)(F)C(F)(F)C(F)(F)C(F)(F)C(F)(F)C(F)(F)C(F)(F)C(F)(F)C(F)(F)C(F)(F)F. The number of hydrogen-bond donors (Lipinski definition) is 0. The Labute approximate surface area is 192 Å². The van der Waals surface area contributed by atoms with E-state index < -0.39 is 77.7 Å². The highest BCUT2D eigenvalue weighted by molar-refractivity contribution is 5.17. The van der Waals surface area contributed by atoms with Gasteiger partial charge in [-0.05, 0) is 11.8 Å². The van der Waals surface area contributed by atoms with Crippen LogP contribution in [0.15, 0.2) is 0 Å². The van der Waals surface area contributed by atoms with Crippen molar-refractivity contribution in [2.45, 2.75) is 93.1 Å². The van der Waals surface area contributed by atoms with Crippen molar-refractivity contribution in [3.05, 3.63) is 0 Å². The molecule has 0 nitrogen and oxygen atoms in total. The van der Waals surface area contributed by atoms with E-state index >= 15 is 0 Å². The van der Waals surface area contributed by atoms with Crippen molar-refractivity contribution in [3.63, 3.8) is 0 Å². The van der Waals surface area contributed by atoms with Crippen molar-refractivity contribution >= 4 is 0 Å². The molecular weight excluding hydrogens is 591 g/mol. The summed E-state index contributed by atoms with van der Waals surface area (Å²) in [5.41, 5.74) is -1.49. The molecule has 0 rings (SSSR count). The van der Waals surface area contributed by atoms with Crippen LogP contribution in [-0.2, 0) is 0 Å². The molecule has 0 aromatic rings. The normalized spacial score (nSPS) is 16.9. The average Bonchev–Trinajstić information content (AvgIpc) is 2.63. The zero-order valence-electron chi connectivity index (χ0n) is 17.9. The Morgan fingerprint density at radius 3 is 0.730 bits per heavy atom. The molecule has 0 aliphatic carbocycles. The second kappa shape index (κ2) is 8.77. The van der Waals surface area contributed by atoms with E-state index in [1.54, 1.807) is 0 Å². The van der Waals surface area contributed by atoms with Gasteiger partial charge in [0, 0.05) is 6.42 Å². The van der Waals surface area contributed by atoms with Crippen molar-refractivity contribution in [2.24, 2.45) is 5.41 Å². The third-order valence-corrected chi connectivity index (χ3v) is 4.76. The van der Waals surface area contributed by atoms with Crippen LogP contribution < -0.4 is 0 Å². The van der Waals surface area contributed by atoms with Gasteiger partial charge in [-0.3, -0.25) is 0 Å². The van der Waals surface area contributed by atoms with Crippen LogP contribution in [0, 0.1) is 5.41 Å². The fourth-order valence-electron chi connectivity index (χ4n) is 2.28. The summed E-state index contributed by atoms with van der Waals surface area (Å²) in [6.45, 7) is 2.88. The van der Waals surface area contributed by atoms with Gasteiger partial charge in [-0.1, -0.05) is 20.8 Å². The summed E-state index contributed by atoms with van der Waals surface area (Å²) < 4.78 is 278. The molecule has 0 atom stereocenters. The minimum Gasteiger partial charge on any atom is -0.200 e. The van der Waals surface area contributed by atoms with Gasteiger partial charge >= 0.3 is 59.5 Å². The lowest BCUT2D eigenvalue weighted by Gasteiger charge is -2.44. The van der Waals surface area contributed by atoms with Crippen molar-refractivity contribution in [1.82, 2.24) is 0 Å². The summed E-state index contributed by atoms with van der Waals surface area (Å²) in [7, 11) is 0. The molecule has 0 spiro atoms. The molecule has 0 saturated carbocycles. The van der Waals surface area contributed by atoms with Gasteiger partial charge in [0.15, 0.2) is 0 Å². The molecule has 0 N–H and O–H groups in total. The van der Waals surface area contributed by atoms with Crippen molar-refractivity contribution < 1.29 is 92.2 Å². The first kappa shape index (κ1) is 35.5. The molecular formula is C16H13F21. The summed E-state index contributed by atoms with van der Waals surface area (Å²) in [4.78, 5) is 0. The summed E-state index contributed by atoms with van der Waals surface area (Å²) in [6, 6.07) is 0. The van der Waals surface area contributed by atoms with Gasteiger partial charge in [0.05, 0.1) is 0 Å². The van der Waals surface area contributed by atoms with Crippen LogP contribution in [0.3, 0.4) is 0 Å². The highest BCUT2D eigenvalue weighted by atomic mass is 19.4. The molecule has 0 aromatic carbocycles. The van der Waals surface area contributed by atoms with E-state index in [4.69, 9.17) is 0 Å². The molecule has 0 unspecified atom stereocenters. The largest absolute Gasteiger partial charge is 0.460 e. The molecule has 0 saturated heterocycles. The monoisotopic (exact) mass is 604 g/mol. The number of halogens is 21. The van der Waals surface area contributed by atoms with E-state index in [2.05, 4.69) is 0 Å². The minimum absolute atomic E-state index is 0.960. The molecule has 0 aromatic heterocycles. The Bertz CT molecular complexity index is 809. The number of hydrogen-bond acceptors (Lipinski definition) is 0. The molecule has 0 radical (unpaired) electrons. The fraction of sp³-hybridized carbons (Fsp3) is 1.00. The summed E-state index contributed by atoms with van der Waals surface area (Å²) in [6.07, 6.45) is -11.8. The Hall–Kier alpha value is -1.47. The van der Waals surface area contributed by atoms with Gasteiger partial charge in [-0.2, -0.15) is 92.2 Å². The van der Waals surface area contributed by atoms with E-state index in [0.717, 1.165) is 20.8 Å². The van der Waals surface area contributed by atoms with E-state index in [0.29, 0.717) is 0 Å². The highest BCUT2D eigenvalue weighted by Crippen LogP contribution is 2.66. The van der Waals surface area contributed by atoms with Crippen LogP contribution >= 0.6 is 0 Å². The van der Waals surface area contributed by atoms with Crippen molar-refractivity contribution in [2.75, 3.05) is 0 Å². The topological polar surface area (TPSA) is 0 Å². The predicted octanol–water partition coefficient (Wildman–Crippen LogP) is 9.09. The zero-order valence-corrected chi connectivity index (χ0v) is 17.9. The summed E-state index contributed by atoms with van der Waals surface area (Å²) in [5.74, 6) is -76.4. The Morgan fingerprint density at radius 1 is 0.297 bits per heavy atom. The molecule has 37 heavy (non-hydrogen) atoms. The number of rotatable bonds is 10. The van der Waals surface area contributed by atoms with Crippen LogP contribution in [0.4, 0.5) is 92.2 Å². The van der Waals surface area contributed by atoms with Crippen LogP contribution in [0.5, 0.6) is 0 Å².